The molecule has 0 saturated carbocycles. The summed E-state index contributed by atoms with van der Waals surface area (Å²) in [7, 11) is -3.99. The monoisotopic (exact) mass is 297 g/mol. The average molecular weight is 297 g/mol. The fraction of sp³-hybridized carbons (Fsp3) is 0.333. The smallest absolute Gasteiger partial charge is 0.335 e. The van der Waals surface area contributed by atoms with Crippen molar-refractivity contribution < 1.29 is 27.9 Å². The zero-order valence-electron chi connectivity index (χ0n) is 10.3. The SMILES string of the molecule is O=C(O)c1ccc2c(c1)S(=O)(=O)N(C1CCOC1)C2=O. The molecule has 0 aromatic heterocycles. The fourth-order valence-electron chi connectivity index (χ4n) is 2.45. The molecule has 7 nitrogen and oxygen atoms in total. The molecule has 1 aromatic carbocycles. The van der Waals surface area contributed by atoms with Crippen LogP contribution in [0.25, 0.3) is 0 Å². The Kier molecular flexibility index (Phi) is 2.80. The number of ether oxygens (including phenoxy) is 1. The maximum Gasteiger partial charge on any atom is 0.335 e. The Morgan fingerprint density at radius 3 is 2.75 bits per heavy atom. The normalized spacial score (nSPS) is 23.9. The van der Waals surface area contributed by atoms with Gasteiger partial charge in [0, 0.05) is 6.61 Å². The number of hydrogen-bond acceptors (Lipinski definition) is 5. The number of aromatic carboxylic acids is 1. The van der Waals surface area contributed by atoms with Gasteiger partial charge < -0.3 is 9.84 Å². The standard InChI is InChI=1S/C12H11NO6S/c14-11-9-2-1-7(12(15)16)5-10(9)20(17,18)13(11)8-3-4-19-6-8/h1-2,5,8H,3-4,6H2,(H,15,16). The van der Waals surface area contributed by atoms with Crippen LogP contribution in [0, 0.1) is 0 Å². The third kappa shape index (κ3) is 1.72. The van der Waals surface area contributed by atoms with Crippen LogP contribution in [0.2, 0.25) is 0 Å². The first-order chi connectivity index (χ1) is 9.43. The summed E-state index contributed by atoms with van der Waals surface area (Å²) in [6.45, 7) is 0.575. The summed E-state index contributed by atoms with van der Waals surface area (Å²) in [6.07, 6.45) is 0.449. The van der Waals surface area contributed by atoms with E-state index in [4.69, 9.17) is 9.84 Å². The number of carboxylic acids is 1. The molecule has 1 saturated heterocycles. The first kappa shape index (κ1) is 13.1. The Labute approximate surface area is 114 Å². The van der Waals surface area contributed by atoms with Crippen LogP contribution in [0.3, 0.4) is 0 Å². The van der Waals surface area contributed by atoms with Gasteiger partial charge in [-0.15, -0.1) is 0 Å². The Morgan fingerprint density at radius 1 is 1.40 bits per heavy atom. The third-order valence-corrected chi connectivity index (χ3v) is 5.31. The summed E-state index contributed by atoms with van der Waals surface area (Å²) in [5.41, 5.74) is -0.147. The molecule has 1 unspecified atom stereocenters. The largest absolute Gasteiger partial charge is 0.478 e. The number of carboxylic acid groups (broad SMARTS) is 1. The highest BCUT2D eigenvalue weighted by Crippen LogP contribution is 2.34. The van der Waals surface area contributed by atoms with Gasteiger partial charge in [0.25, 0.3) is 15.9 Å². The van der Waals surface area contributed by atoms with E-state index in [1.807, 2.05) is 0 Å². The van der Waals surface area contributed by atoms with E-state index in [-0.39, 0.29) is 22.6 Å². The van der Waals surface area contributed by atoms with E-state index in [1.165, 1.54) is 12.1 Å². The lowest BCUT2D eigenvalue weighted by atomic mass is 10.1. The molecule has 1 aromatic rings. The molecule has 1 N–H and O–H groups in total. The fourth-order valence-corrected chi connectivity index (χ4v) is 4.24. The predicted octanol–water partition coefficient (Wildman–Crippen LogP) is 0.318. The van der Waals surface area contributed by atoms with E-state index in [2.05, 4.69) is 0 Å². The molecular formula is C12H11NO6S. The summed E-state index contributed by atoms with van der Waals surface area (Å²) in [4.78, 5) is 22.9. The second-order valence-corrected chi connectivity index (χ2v) is 6.42. The predicted molar refractivity (Wildman–Crippen MR) is 66.0 cm³/mol. The van der Waals surface area contributed by atoms with Gasteiger partial charge in [0.05, 0.1) is 23.8 Å². The van der Waals surface area contributed by atoms with Crippen LogP contribution in [0.5, 0.6) is 0 Å². The summed E-state index contributed by atoms with van der Waals surface area (Å²) in [6, 6.07) is 2.98. The highest BCUT2D eigenvalue weighted by Gasteiger charge is 2.46. The molecule has 0 bridgehead atoms. The quantitative estimate of drug-likeness (QED) is 0.843. The van der Waals surface area contributed by atoms with Crippen molar-refractivity contribution in [1.82, 2.24) is 4.31 Å². The Bertz CT molecular complexity index is 705. The molecular weight excluding hydrogens is 286 g/mol. The number of sulfonamides is 1. The van der Waals surface area contributed by atoms with Crippen LogP contribution in [-0.2, 0) is 14.8 Å². The van der Waals surface area contributed by atoms with Crippen molar-refractivity contribution in [3.8, 4) is 0 Å². The van der Waals surface area contributed by atoms with Crippen molar-refractivity contribution in [3.05, 3.63) is 29.3 Å². The summed E-state index contributed by atoms with van der Waals surface area (Å²) in [5, 5.41) is 8.92. The van der Waals surface area contributed by atoms with E-state index in [9.17, 15) is 18.0 Å². The zero-order chi connectivity index (χ0) is 14.5. The van der Waals surface area contributed by atoms with Crippen LogP contribution in [-0.4, -0.2) is 49.0 Å². The molecule has 0 aliphatic carbocycles. The van der Waals surface area contributed by atoms with Crippen molar-refractivity contribution in [3.63, 3.8) is 0 Å². The molecule has 1 amide bonds. The van der Waals surface area contributed by atoms with Crippen molar-refractivity contribution in [2.24, 2.45) is 0 Å². The highest BCUT2D eigenvalue weighted by atomic mass is 32.2. The molecule has 0 spiro atoms. The number of nitrogens with zero attached hydrogens (tertiary/aromatic N) is 1. The first-order valence-corrected chi connectivity index (χ1v) is 7.41. The first-order valence-electron chi connectivity index (χ1n) is 5.97. The number of carbonyl (C=O) groups is 2. The van der Waals surface area contributed by atoms with E-state index in [0.29, 0.717) is 13.0 Å². The lowest BCUT2D eigenvalue weighted by Crippen LogP contribution is -2.40. The molecule has 106 valence electrons. The number of fused-ring (bicyclic) bond motifs is 1. The molecule has 3 rings (SSSR count). The van der Waals surface area contributed by atoms with Crippen LogP contribution >= 0.6 is 0 Å². The lowest BCUT2D eigenvalue weighted by molar-refractivity contribution is 0.0695. The zero-order valence-corrected chi connectivity index (χ0v) is 11.1. The number of hydrogen-bond donors (Lipinski definition) is 1. The topological polar surface area (TPSA) is 101 Å². The third-order valence-electron chi connectivity index (χ3n) is 3.43. The van der Waals surface area contributed by atoms with Crippen molar-refractivity contribution >= 4 is 21.9 Å². The average Bonchev–Trinajstić information content (AvgIpc) is 2.96. The minimum atomic E-state index is -3.99. The lowest BCUT2D eigenvalue weighted by Gasteiger charge is -2.20. The minimum absolute atomic E-state index is 0.0156. The van der Waals surface area contributed by atoms with Gasteiger partial charge in [-0.25, -0.2) is 17.5 Å². The van der Waals surface area contributed by atoms with Gasteiger partial charge in [-0.1, -0.05) is 0 Å². The van der Waals surface area contributed by atoms with E-state index in [0.717, 1.165) is 10.4 Å². The minimum Gasteiger partial charge on any atom is -0.478 e. The Balaban J connectivity index is 2.13. The maximum absolute atomic E-state index is 12.4. The highest BCUT2D eigenvalue weighted by molar-refractivity contribution is 7.90. The number of carbonyl (C=O) groups excluding carboxylic acids is 1. The molecule has 2 aliphatic rings. The summed E-state index contributed by atoms with van der Waals surface area (Å²) >= 11 is 0. The van der Waals surface area contributed by atoms with Gasteiger partial charge in [0.15, 0.2) is 0 Å². The molecule has 0 radical (unpaired) electrons. The van der Waals surface area contributed by atoms with Crippen LogP contribution in [0.1, 0.15) is 27.1 Å². The molecule has 1 atom stereocenters. The number of rotatable bonds is 2. The van der Waals surface area contributed by atoms with Crippen LogP contribution in [0.4, 0.5) is 0 Å². The Morgan fingerprint density at radius 2 is 2.15 bits per heavy atom. The molecule has 8 heteroatoms. The van der Waals surface area contributed by atoms with Gasteiger partial charge in [-0.05, 0) is 24.6 Å². The molecule has 2 heterocycles. The number of amides is 1. The van der Waals surface area contributed by atoms with Crippen LogP contribution < -0.4 is 0 Å². The van der Waals surface area contributed by atoms with Crippen molar-refractivity contribution in [1.29, 1.82) is 0 Å². The summed E-state index contributed by atoms with van der Waals surface area (Å²) in [5.74, 6) is -1.86. The molecule has 2 aliphatic heterocycles. The number of benzene rings is 1. The van der Waals surface area contributed by atoms with Gasteiger partial charge in [0.1, 0.15) is 4.90 Å². The van der Waals surface area contributed by atoms with Crippen LogP contribution in [0.15, 0.2) is 23.1 Å². The van der Waals surface area contributed by atoms with Gasteiger partial charge in [-0.3, -0.25) is 4.79 Å². The molecule has 20 heavy (non-hydrogen) atoms. The summed E-state index contributed by atoms with van der Waals surface area (Å²) < 4.78 is 30.8. The van der Waals surface area contributed by atoms with Crippen molar-refractivity contribution in [2.45, 2.75) is 17.4 Å². The Hall–Kier alpha value is -1.93. The van der Waals surface area contributed by atoms with E-state index < -0.39 is 27.9 Å². The second kappa shape index (κ2) is 4.29. The van der Waals surface area contributed by atoms with Gasteiger partial charge >= 0.3 is 5.97 Å². The second-order valence-electron chi connectivity index (χ2n) is 4.64. The van der Waals surface area contributed by atoms with Gasteiger partial charge in [-0.2, -0.15) is 0 Å². The maximum atomic E-state index is 12.4. The molecule has 1 fully saturated rings. The van der Waals surface area contributed by atoms with E-state index in [1.54, 1.807) is 0 Å². The van der Waals surface area contributed by atoms with Crippen molar-refractivity contribution in [2.75, 3.05) is 13.2 Å². The van der Waals surface area contributed by atoms with Gasteiger partial charge in [0.2, 0.25) is 0 Å². The van der Waals surface area contributed by atoms with E-state index >= 15 is 0 Å².